The number of imide groups is 1. The Labute approximate surface area is 124 Å². The van der Waals surface area contributed by atoms with Crippen LogP contribution in [0, 0.1) is 5.92 Å². The summed E-state index contributed by atoms with van der Waals surface area (Å²) in [7, 11) is 0. The van der Waals surface area contributed by atoms with E-state index in [0.717, 1.165) is 4.90 Å². The Morgan fingerprint density at radius 1 is 1.25 bits per heavy atom. The molecule has 1 aromatic rings. The largest absolute Gasteiger partial charge is 0.480 e. The fourth-order valence-corrected chi connectivity index (χ4v) is 2.64. The summed E-state index contributed by atoms with van der Waals surface area (Å²) >= 11 is 3.24. The number of carbonyl (C=O) groups excluding carboxylic acids is 2. The standard InChI is InChI=1S/C14H14BrNO4/c1-7(2)5-11(14(19)20)16-12(17)9-4-3-8(15)6-10(9)13(16)18/h3-4,6-7,11H,5H2,1-2H3,(H,19,20). The van der Waals surface area contributed by atoms with E-state index in [1.54, 1.807) is 12.1 Å². The molecule has 1 aromatic carbocycles. The number of benzene rings is 1. The van der Waals surface area contributed by atoms with Gasteiger partial charge in [0.25, 0.3) is 11.8 Å². The number of hydrogen-bond acceptors (Lipinski definition) is 3. The second-order valence-corrected chi connectivity index (χ2v) is 6.07. The van der Waals surface area contributed by atoms with E-state index in [1.165, 1.54) is 6.07 Å². The second kappa shape index (κ2) is 5.36. The smallest absolute Gasteiger partial charge is 0.326 e. The predicted octanol–water partition coefficient (Wildman–Crippen LogP) is 2.54. The number of carbonyl (C=O) groups is 3. The molecule has 20 heavy (non-hydrogen) atoms. The average Bonchev–Trinajstić information content (AvgIpc) is 2.58. The molecule has 0 fully saturated rings. The van der Waals surface area contributed by atoms with Gasteiger partial charge >= 0.3 is 5.97 Å². The van der Waals surface area contributed by atoms with Crippen molar-refractivity contribution in [2.45, 2.75) is 26.3 Å². The molecule has 5 nitrogen and oxygen atoms in total. The highest BCUT2D eigenvalue weighted by Crippen LogP contribution is 2.29. The topological polar surface area (TPSA) is 74.7 Å². The lowest BCUT2D eigenvalue weighted by Gasteiger charge is -2.23. The Morgan fingerprint density at radius 3 is 2.40 bits per heavy atom. The number of fused-ring (bicyclic) bond motifs is 1. The number of halogens is 1. The Hall–Kier alpha value is -1.69. The lowest BCUT2D eigenvalue weighted by atomic mass is 10.0. The maximum Gasteiger partial charge on any atom is 0.326 e. The molecular formula is C14H14BrNO4. The summed E-state index contributed by atoms with van der Waals surface area (Å²) in [5.74, 6) is -2.18. The fourth-order valence-electron chi connectivity index (χ4n) is 2.28. The first-order chi connectivity index (χ1) is 9.32. The Morgan fingerprint density at radius 2 is 1.85 bits per heavy atom. The fraction of sp³-hybridized carbons (Fsp3) is 0.357. The van der Waals surface area contributed by atoms with Gasteiger partial charge in [0.05, 0.1) is 11.1 Å². The van der Waals surface area contributed by atoms with Crippen molar-refractivity contribution in [1.29, 1.82) is 0 Å². The molecule has 0 aliphatic carbocycles. The van der Waals surface area contributed by atoms with E-state index in [0.29, 0.717) is 4.47 Å². The SMILES string of the molecule is CC(C)CC(C(=O)O)N1C(=O)c2ccc(Br)cc2C1=O. The molecule has 0 radical (unpaired) electrons. The molecule has 1 atom stereocenters. The minimum Gasteiger partial charge on any atom is -0.480 e. The predicted molar refractivity (Wildman–Crippen MR) is 75.5 cm³/mol. The normalized spacial score (nSPS) is 15.7. The van der Waals surface area contributed by atoms with Crippen LogP contribution in [0.1, 0.15) is 41.0 Å². The third-order valence-electron chi connectivity index (χ3n) is 3.17. The van der Waals surface area contributed by atoms with Crippen LogP contribution in [0.3, 0.4) is 0 Å². The van der Waals surface area contributed by atoms with Gasteiger partial charge in [-0.2, -0.15) is 0 Å². The molecule has 1 aliphatic rings. The summed E-state index contributed by atoms with van der Waals surface area (Å²) in [5.41, 5.74) is 0.507. The van der Waals surface area contributed by atoms with E-state index in [9.17, 15) is 19.5 Å². The van der Waals surface area contributed by atoms with Crippen molar-refractivity contribution in [2.75, 3.05) is 0 Å². The van der Waals surface area contributed by atoms with Gasteiger partial charge < -0.3 is 5.11 Å². The zero-order chi connectivity index (χ0) is 15.0. The lowest BCUT2D eigenvalue weighted by molar-refractivity contribution is -0.142. The third kappa shape index (κ3) is 2.47. The molecule has 1 unspecified atom stereocenters. The van der Waals surface area contributed by atoms with Crippen molar-refractivity contribution in [2.24, 2.45) is 5.92 Å². The first-order valence-electron chi connectivity index (χ1n) is 6.23. The highest BCUT2D eigenvalue weighted by molar-refractivity contribution is 9.10. The van der Waals surface area contributed by atoms with E-state index in [-0.39, 0.29) is 23.5 Å². The minimum absolute atomic E-state index is 0.0622. The van der Waals surface area contributed by atoms with E-state index in [1.807, 2.05) is 13.8 Å². The summed E-state index contributed by atoms with van der Waals surface area (Å²) < 4.78 is 0.676. The molecule has 1 aliphatic heterocycles. The first kappa shape index (κ1) is 14.7. The molecular weight excluding hydrogens is 326 g/mol. The molecule has 0 saturated carbocycles. The summed E-state index contributed by atoms with van der Waals surface area (Å²) in [5, 5.41) is 9.30. The van der Waals surface area contributed by atoms with Crippen molar-refractivity contribution in [1.82, 2.24) is 4.90 Å². The van der Waals surface area contributed by atoms with Crippen LogP contribution in [0.15, 0.2) is 22.7 Å². The molecule has 0 spiro atoms. The maximum absolute atomic E-state index is 12.3. The summed E-state index contributed by atoms with van der Waals surface area (Å²) in [6.07, 6.45) is 0.238. The van der Waals surface area contributed by atoms with Crippen LogP contribution in [-0.4, -0.2) is 33.8 Å². The summed E-state index contributed by atoms with van der Waals surface area (Å²) in [6, 6.07) is 3.62. The van der Waals surface area contributed by atoms with Crippen LogP contribution in [0.25, 0.3) is 0 Å². The van der Waals surface area contributed by atoms with Crippen molar-refractivity contribution < 1.29 is 19.5 Å². The van der Waals surface area contributed by atoms with E-state index < -0.39 is 23.8 Å². The molecule has 2 amide bonds. The quantitative estimate of drug-likeness (QED) is 0.855. The van der Waals surface area contributed by atoms with Crippen molar-refractivity contribution in [3.63, 3.8) is 0 Å². The van der Waals surface area contributed by atoms with Crippen LogP contribution in [0.4, 0.5) is 0 Å². The Kier molecular flexibility index (Phi) is 3.94. The first-order valence-corrected chi connectivity index (χ1v) is 7.02. The number of rotatable bonds is 4. The number of aliphatic carboxylic acids is 1. The molecule has 2 rings (SSSR count). The van der Waals surface area contributed by atoms with Crippen LogP contribution in [-0.2, 0) is 4.79 Å². The average molecular weight is 340 g/mol. The number of carboxylic acid groups (broad SMARTS) is 1. The molecule has 0 aromatic heterocycles. The summed E-state index contributed by atoms with van der Waals surface area (Å²) in [4.78, 5) is 36.8. The minimum atomic E-state index is -1.16. The molecule has 106 valence electrons. The van der Waals surface area contributed by atoms with Gasteiger partial charge in [-0.05, 0) is 30.5 Å². The van der Waals surface area contributed by atoms with Gasteiger partial charge in [-0.3, -0.25) is 14.5 Å². The number of carboxylic acids is 1. The zero-order valence-electron chi connectivity index (χ0n) is 11.1. The molecule has 0 saturated heterocycles. The van der Waals surface area contributed by atoms with Gasteiger partial charge in [0.1, 0.15) is 6.04 Å². The molecule has 1 heterocycles. The zero-order valence-corrected chi connectivity index (χ0v) is 12.7. The van der Waals surface area contributed by atoms with Gasteiger partial charge in [0.2, 0.25) is 0 Å². The van der Waals surface area contributed by atoms with Gasteiger partial charge in [0, 0.05) is 4.47 Å². The van der Waals surface area contributed by atoms with Gasteiger partial charge in [0.15, 0.2) is 0 Å². The Balaban J connectivity index is 2.42. The monoisotopic (exact) mass is 339 g/mol. The molecule has 0 bridgehead atoms. The summed E-state index contributed by atoms with van der Waals surface area (Å²) in [6.45, 7) is 3.70. The van der Waals surface area contributed by atoms with Crippen LogP contribution < -0.4 is 0 Å². The number of nitrogens with zero attached hydrogens (tertiary/aromatic N) is 1. The van der Waals surface area contributed by atoms with Crippen LogP contribution >= 0.6 is 15.9 Å². The van der Waals surface area contributed by atoms with Crippen molar-refractivity contribution in [3.05, 3.63) is 33.8 Å². The van der Waals surface area contributed by atoms with Gasteiger partial charge in [-0.25, -0.2) is 4.79 Å². The van der Waals surface area contributed by atoms with Gasteiger partial charge in [-0.1, -0.05) is 29.8 Å². The van der Waals surface area contributed by atoms with E-state index in [2.05, 4.69) is 15.9 Å². The maximum atomic E-state index is 12.3. The van der Waals surface area contributed by atoms with E-state index >= 15 is 0 Å². The second-order valence-electron chi connectivity index (χ2n) is 5.15. The number of amides is 2. The van der Waals surface area contributed by atoms with Crippen molar-refractivity contribution >= 4 is 33.7 Å². The highest BCUT2D eigenvalue weighted by atomic mass is 79.9. The third-order valence-corrected chi connectivity index (χ3v) is 3.66. The van der Waals surface area contributed by atoms with Gasteiger partial charge in [-0.15, -0.1) is 0 Å². The van der Waals surface area contributed by atoms with Crippen LogP contribution in [0.5, 0.6) is 0 Å². The molecule has 6 heteroatoms. The Bertz CT molecular complexity index is 597. The van der Waals surface area contributed by atoms with E-state index in [4.69, 9.17) is 0 Å². The lowest BCUT2D eigenvalue weighted by Crippen LogP contribution is -2.45. The highest BCUT2D eigenvalue weighted by Gasteiger charge is 2.43. The van der Waals surface area contributed by atoms with Crippen molar-refractivity contribution in [3.8, 4) is 0 Å². The molecule has 1 N–H and O–H groups in total. The number of hydrogen-bond donors (Lipinski definition) is 1. The van der Waals surface area contributed by atoms with Crippen LogP contribution in [0.2, 0.25) is 0 Å².